The summed E-state index contributed by atoms with van der Waals surface area (Å²) in [5.41, 5.74) is 0.650. The number of aliphatic hydroxyl groups excluding tert-OH is 1. The van der Waals surface area contributed by atoms with Gasteiger partial charge in [-0.2, -0.15) is 0 Å². The van der Waals surface area contributed by atoms with Crippen LogP contribution in [0.25, 0.3) is 0 Å². The lowest BCUT2D eigenvalue weighted by atomic mass is 9.70. The summed E-state index contributed by atoms with van der Waals surface area (Å²) in [5, 5.41) is 10.4. The minimum atomic E-state index is -0.404. The van der Waals surface area contributed by atoms with Crippen LogP contribution in [0, 0.1) is 16.7 Å². The number of hydrogen-bond acceptors (Lipinski definition) is 4. The molecule has 2 saturated carbocycles. The van der Waals surface area contributed by atoms with E-state index in [4.69, 9.17) is 9.47 Å². The minimum Gasteiger partial charge on any atom is -0.389 e. The van der Waals surface area contributed by atoms with Crippen molar-refractivity contribution >= 4 is 0 Å². The van der Waals surface area contributed by atoms with Gasteiger partial charge in [0.05, 0.1) is 31.0 Å². The summed E-state index contributed by atoms with van der Waals surface area (Å²) >= 11 is 0. The molecule has 0 aromatic carbocycles. The number of fused-ring (bicyclic) bond motifs is 2. The van der Waals surface area contributed by atoms with Crippen LogP contribution >= 0.6 is 0 Å². The van der Waals surface area contributed by atoms with Gasteiger partial charge in [-0.05, 0) is 49.9 Å². The van der Waals surface area contributed by atoms with Crippen molar-refractivity contribution in [1.29, 1.82) is 0 Å². The Balaban J connectivity index is 1.48. The number of aliphatic hydroxyl groups is 1. The molecule has 1 N–H and O–H groups in total. The number of morpholine rings is 1. The van der Waals surface area contributed by atoms with Gasteiger partial charge in [0.2, 0.25) is 0 Å². The zero-order valence-corrected chi connectivity index (χ0v) is 15.5. The standard InChI is InChI=1S/C19H35NO3/c1-13-9-20(10-14(2)23-13)11-16(21)12-22-17-8-15-6-7-19(17,5)18(15,3)4/h13-17,21H,6-12H2,1-5H3. The van der Waals surface area contributed by atoms with Gasteiger partial charge < -0.3 is 14.6 Å². The highest BCUT2D eigenvalue weighted by atomic mass is 16.5. The van der Waals surface area contributed by atoms with Crippen molar-refractivity contribution in [1.82, 2.24) is 4.90 Å². The van der Waals surface area contributed by atoms with E-state index in [1.165, 1.54) is 19.3 Å². The molecule has 3 rings (SSSR count). The van der Waals surface area contributed by atoms with Crippen molar-refractivity contribution in [2.24, 2.45) is 16.7 Å². The molecule has 0 aromatic heterocycles. The third kappa shape index (κ3) is 3.20. The molecule has 0 amide bonds. The second-order valence-electron chi connectivity index (χ2n) is 9.06. The molecule has 0 aromatic rings. The lowest BCUT2D eigenvalue weighted by Gasteiger charge is -2.39. The van der Waals surface area contributed by atoms with Crippen molar-refractivity contribution in [3.05, 3.63) is 0 Å². The highest BCUT2D eigenvalue weighted by molar-refractivity contribution is 5.11. The van der Waals surface area contributed by atoms with Crippen molar-refractivity contribution in [3.8, 4) is 0 Å². The van der Waals surface area contributed by atoms with Gasteiger partial charge in [-0.3, -0.25) is 4.90 Å². The fraction of sp³-hybridized carbons (Fsp3) is 1.00. The monoisotopic (exact) mass is 325 g/mol. The van der Waals surface area contributed by atoms with E-state index < -0.39 is 6.10 Å². The Morgan fingerprint density at radius 2 is 1.87 bits per heavy atom. The van der Waals surface area contributed by atoms with E-state index in [-0.39, 0.29) is 17.6 Å². The van der Waals surface area contributed by atoms with E-state index in [9.17, 15) is 5.11 Å². The average molecular weight is 325 g/mol. The molecule has 4 nitrogen and oxygen atoms in total. The van der Waals surface area contributed by atoms with Gasteiger partial charge in [0.1, 0.15) is 0 Å². The average Bonchev–Trinajstić information content (AvgIpc) is 2.76. The molecule has 3 aliphatic rings. The van der Waals surface area contributed by atoms with Crippen molar-refractivity contribution in [3.63, 3.8) is 0 Å². The summed E-state index contributed by atoms with van der Waals surface area (Å²) in [7, 11) is 0. The Labute approximate surface area is 141 Å². The second-order valence-corrected chi connectivity index (χ2v) is 9.06. The second kappa shape index (κ2) is 6.29. The molecule has 2 aliphatic carbocycles. The smallest absolute Gasteiger partial charge is 0.0900 e. The van der Waals surface area contributed by atoms with E-state index in [0.717, 1.165) is 19.0 Å². The summed E-state index contributed by atoms with van der Waals surface area (Å²) < 4.78 is 12.0. The zero-order chi connectivity index (χ0) is 16.8. The van der Waals surface area contributed by atoms with E-state index in [1.54, 1.807) is 0 Å². The maximum absolute atomic E-state index is 10.4. The Morgan fingerprint density at radius 1 is 1.22 bits per heavy atom. The van der Waals surface area contributed by atoms with Crippen LogP contribution in [0.1, 0.15) is 53.9 Å². The number of hydrogen-bond donors (Lipinski definition) is 1. The first kappa shape index (κ1) is 17.7. The number of rotatable bonds is 5. The van der Waals surface area contributed by atoms with Crippen molar-refractivity contribution < 1.29 is 14.6 Å². The van der Waals surface area contributed by atoms with Crippen LogP contribution < -0.4 is 0 Å². The summed E-state index contributed by atoms with van der Waals surface area (Å²) in [4.78, 5) is 2.30. The van der Waals surface area contributed by atoms with Gasteiger partial charge in [-0.25, -0.2) is 0 Å². The van der Waals surface area contributed by atoms with E-state index in [0.29, 0.717) is 24.7 Å². The number of nitrogens with zero attached hydrogens (tertiary/aromatic N) is 1. The van der Waals surface area contributed by atoms with Crippen LogP contribution in [0.4, 0.5) is 0 Å². The zero-order valence-electron chi connectivity index (χ0n) is 15.5. The van der Waals surface area contributed by atoms with Crippen LogP contribution in [0.15, 0.2) is 0 Å². The Kier molecular flexibility index (Phi) is 4.83. The topological polar surface area (TPSA) is 41.9 Å². The molecule has 1 heterocycles. The molecule has 0 spiro atoms. The molecule has 6 atom stereocenters. The molecule has 4 heteroatoms. The predicted molar refractivity (Wildman–Crippen MR) is 91.4 cm³/mol. The van der Waals surface area contributed by atoms with Gasteiger partial charge in [-0.15, -0.1) is 0 Å². The van der Waals surface area contributed by atoms with Crippen LogP contribution in [-0.2, 0) is 9.47 Å². The SMILES string of the molecule is CC1CN(CC(O)COC2CC3CCC2(C)C3(C)C)CC(C)O1. The van der Waals surface area contributed by atoms with Gasteiger partial charge >= 0.3 is 0 Å². The molecular weight excluding hydrogens is 290 g/mol. The van der Waals surface area contributed by atoms with E-state index >= 15 is 0 Å². The molecule has 134 valence electrons. The normalized spacial score (nSPS) is 44.6. The van der Waals surface area contributed by atoms with Crippen LogP contribution in [0.2, 0.25) is 0 Å². The Bertz CT molecular complexity index is 417. The van der Waals surface area contributed by atoms with Gasteiger partial charge in [-0.1, -0.05) is 20.8 Å². The largest absolute Gasteiger partial charge is 0.389 e. The number of ether oxygens (including phenoxy) is 2. The fourth-order valence-corrected chi connectivity index (χ4v) is 5.39. The molecule has 6 unspecified atom stereocenters. The maximum Gasteiger partial charge on any atom is 0.0900 e. The fourth-order valence-electron chi connectivity index (χ4n) is 5.39. The minimum absolute atomic E-state index is 0.247. The molecule has 2 bridgehead atoms. The molecule has 1 aliphatic heterocycles. The van der Waals surface area contributed by atoms with Gasteiger partial charge in [0, 0.05) is 19.6 Å². The first-order chi connectivity index (χ1) is 10.7. The van der Waals surface area contributed by atoms with Crippen molar-refractivity contribution in [2.75, 3.05) is 26.2 Å². The van der Waals surface area contributed by atoms with Crippen LogP contribution in [0.5, 0.6) is 0 Å². The molecule has 1 saturated heterocycles. The molecule has 3 fully saturated rings. The van der Waals surface area contributed by atoms with Crippen LogP contribution in [0.3, 0.4) is 0 Å². The summed E-state index contributed by atoms with van der Waals surface area (Å²) in [6.45, 7) is 14.4. The highest BCUT2D eigenvalue weighted by Gasteiger charge is 2.61. The Hall–Kier alpha value is -0.160. The van der Waals surface area contributed by atoms with Crippen molar-refractivity contribution in [2.45, 2.75) is 78.3 Å². The molecule has 0 radical (unpaired) electrons. The highest BCUT2D eigenvalue weighted by Crippen LogP contribution is 2.66. The van der Waals surface area contributed by atoms with Gasteiger partial charge in [0.15, 0.2) is 0 Å². The van der Waals surface area contributed by atoms with E-state index in [1.807, 2.05) is 0 Å². The summed E-state index contributed by atoms with van der Waals surface area (Å²) in [6, 6.07) is 0. The first-order valence-electron chi connectivity index (χ1n) is 9.40. The number of β-amino-alcohol motifs (C(OH)–C–C–N with tert-alkyl or cyclic N) is 1. The predicted octanol–water partition coefficient (Wildman–Crippen LogP) is 2.69. The third-order valence-electron chi connectivity index (χ3n) is 7.17. The third-order valence-corrected chi connectivity index (χ3v) is 7.17. The quantitative estimate of drug-likeness (QED) is 0.844. The maximum atomic E-state index is 10.4. The molecule has 23 heavy (non-hydrogen) atoms. The van der Waals surface area contributed by atoms with Gasteiger partial charge in [0.25, 0.3) is 0 Å². The molecular formula is C19H35NO3. The first-order valence-corrected chi connectivity index (χ1v) is 9.40. The lowest BCUT2D eigenvalue weighted by Crippen LogP contribution is -2.49. The van der Waals surface area contributed by atoms with E-state index in [2.05, 4.69) is 39.5 Å². The summed E-state index contributed by atoms with van der Waals surface area (Å²) in [5.74, 6) is 0.788. The lowest BCUT2D eigenvalue weighted by molar-refractivity contribution is -0.0996. The summed E-state index contributed by atoms with van der Waals surface area (Å²) in [6.07, 6.45) is 4.18. The Morgan fingerprint density at radius 3 is 2.39 bits per heavy atom. The van der Waals surface area contributed by atoms with Crippen LogP contribution in [-0.4, -0.2) is 60.7 Å².